The quantitative estimate of drug-likeness (QED) is 0.164. The van der Waals surface area contributed by atoms with Gasteiger partial charge in [-0.05, 0) is 54.8 Å². The number of benzene rings is 4. The molecule has 0 aliphatic rings. The van der Waals surface area contributed by atoms with Gasteiger partial charge in [0.2, 0.25) is 11.8 Å². The maximum atomic E-state index is 15.3. The van der Waals surface area contributed by atoms with Crippen LogP contribution in [0.2, 0.25) is 10.0 Å². The fourth-order valence-corrected chi connectivity index (χ4v) is 6.77. The summed E-state index contributed by atoms with van der Waals surface area (Å²) in [6.07, 6.45) is 0.114. The molecular formula is C35H36Cl2FN3O4S. The van der Waals surface area contributed by atoms with Gasteiger partial charge >= 0.3 is 0 Å². The third kappa shape index (κ3) is 8.66. The molecule has 1 N–H and O–H groups in total. The standard InChI is InChI=1S/C35H36Cl2FN3O4S/c1-24(2)21-39-35(43)33(20-26-10-5-4-6-11-26)40(22-28-29(36)12-9-13-30(28)37)34(42)23-41(32-15-8-7-14-31(32)38)46(44,45)27-18-16-25(3)17-19-27/h4-19,24,33H,20-23H2,1-3H3,(H,39,43)/t33-/m1/s1. The van der Waals surface area contributed by atoms with Crippen LogP contribution < -0.4 is 9.62 Å². The van der Waals surface area contributed by atoms with Crippen molar-refractivity contribution < 1.29 is 22.4 Å². The Hall–Kier alpha value is -3.92. The summed E-state index contributed by atoms with van der Waals surface area (Å²) in [5, 5.41) is 3.45. The van der Waals surface area contributed by atoms with Gasteiger partial charge in [0.15, 0.2) is 0 Å². The van der Waals surface area contributed by atoms with Gasteiger partial charge in [-0.1, -0.05) is 103 Å². The lowest BCUT2D eigenvalue weighted by Gasteiger charge is -2.34. The van der Waals surface area contributed by atoms with E-state index < -0.39 is 40.2 Å². The predicted molar refractivity (Wildman–Crippen MR) is 181 cm³/mol. The molecule has 0 aromatic heterocycles. The minimum absolute atomic E-state index is 0.114. The summed E-state index contributed by atoms with van der Waals surface area (Å²) in [5.41, 5.74) is 1.67. The lowest BCUT2D eigenvalue weighted by Crippen LogP contribution is -2.54. The molecule has 0 heterocycles. The zero-order valence-corrected chi connectivity index (χ0v) is 28.1. The Morgan fingerprint density at radius 1 is 0.848 bits per heavy atom. The fraction of sp³-hybridized carbons (Fsp3) is 0.257. The molecule has 0 radical (unpaired) electrons. The number of hydrogen-bond acceptors (Lipinski definition) is 4. The van der Waals surface area contributed by atoms with Gasteiger partial charge in [-0.25, -0.2) is 12.8 Å². The third-order valence-corrected chi connectivity index (χ3v) is 9.84. The number of carbonyl (C=O) groups excluding carboxylic acids is 2. The van der Waals surface area contributed by atoms with E-state index in [1.54, 1.807) is 30.3 Å². The predicted octanol–water partition coefficient (Wildman–Crippen LogP) is 7.05. The Bertz CT molecular complexity index is 1750. The largest absolute Gasteiger partial charge is 0.354 e. The highest BCUT2D eigenvalue weighted by Crippen LogP contribution is 2.30. The molecule has 4 aromatic rings. The number of carbonyl (C=O) groups is 2. The highest BCUT2D eigenvalue weighted by atomic mass is 35.5. The lowest BCUT2D eigenvalue weighted by molar-refractivity contribution is -0.140. The van der Waals surface area contributed by atoms with Crippen LogP contribution in [-0.2, 0) is 32.6 Å². The molecule has 0 saturated heterocycles. The zero-order chi connectivity index (χ0) is 33.4. The molecule has 0 fully saturated rings. The van der Waals surface area contributed by atoms with Gasteiger partial charge in [-0.2, -0.15) is 0 Å². The van der Waals surface area contributed by atoms with Crippen LogP contribution in [0, 0.1) is 18.7 Å². The molecule has 4 rings (SSSR count). The highest BCUT2D eigenvalue weighted by molar-refractivity contribution is 7.92. The highest BCUT2D eigenvalue weighted by Gasteiger charge is 2.36. The van der Waals surface area contributed by atoms with Crippen LogP contribution in [-0.4, -0.2) is 44.3 Å². The molecule has 1 atom stereocenters. The average molecular weight is 685 g/mol. The summed E-state index contributed by atoms with van der Waals surface area (Å²) in [6.45, 7) is 5.04. The topological polar surface area (TPSA) is 86.8 Å². The summed E-state index contributed by atoms with van der Waals surface area (Å²) in [7, 11) is -4.44. The first-order chi connectivity index (χ1) is 21.9. The van der Waals surface area contributed by atoms with Crippen molar-refractivity contribution in [2.75, 3.05) is 17.4 Å². The molecule has 0 bridgehead atoms. The Kier molecular flexibility index (Phi) is 11.8. The first-order valence-corrected chi connectivity index (χ1v) is 17.0. The lowest BCUT2D eigenvalue weighted by atomic mass is 10.0. The minimum atomic E-state index is -4.44. The maximum absolute atomic E-state index is 15.3. The van der Waals surface area contributed by atoms with Gasteiger partial charge < -0.3 is 10.2 Å². The number of rotatable bonds is 13. The van der Waals surface area contributed by atoms with Crippen LogP contribution in [0.5, 0.6) is 0 Å². The van der Waals surface area contributed by atoms with Crippen molar-refractivity contribution in [2.45, 2.75) is 44.7 Å². The van der Waals surface area contributed by atoms with Crippen molar-refractivity contribution in [3.05, 3.63) is 130 Å². The summed E-state index contributed by atoms with van der Waals surface area (Å²) < 4.78 is 44.1. The van der Waals surface area contributed by atoms with Crippen LogP contribution >= 0.6 is 23.2 Å². The Morgan fingerprint density at radius 3 is 2.07 bits per heavy atom. The normalized spacial score (nSPS) is 12.1. The first-order valence-electron chi connectivity index (χ1n) is 14.8. The number of anilines is 1. The maximum Gasteiger partial charge on any atom is 0.264 e. The molecule has 11 heteroatoms. The summed E-state index contributed by atoms with van der Waals surface area (Å²) >= 11 is 13.1. The van der Waals surface area contributed by atoms with Crippen molar-refractivity contribution in [1.29, 1.82) is 0 Å². The zero-order valence-electron chi connectivity index (χ0n) is 25.8. The molecule has 0 saturated carbocycles. The van der Waals surface area contributed by atoms with Crippen LogP contribution in [0.3, 0.4) is 0 Å². The number of nitrogens with zero attached hydrogens (tertiary/aromatic N) is 2. The summed E-state index contributed by atoms with van der Waals surface area (Å²) in [5.74, 6) is -1.90. The van der Waals surface area contributed by atoms with Crippen LogP contribution in [0.1, 0.15) is 30.5 Å². The van der Waals surface area contributed by atoms with E-state index >= 15 is 4.39 Å². The number of aryl methyl sites for hydroxylation is 1. The molecule has 0 aliphatic carbocycles. The van der Waals surface area contributed by atoms with E-state index in [-0.39, 0.29) is 39.5 Å². The Balaban J connectivity index is 1.84. The average Bonchev–Trinajstić information content (AvgIpc) is 3.02. The minimum Gasteiger partial charge on any atom is -0.354 e. The molecule has 242 valence electrons. The van der Waals surface area contributed by atoms with Crippen molar-refractivity contribution >= 4 is 50.7 Å². The van der Waals surface area contributed by atoms with Gasteiger partial charge in [-0.3, -0.25) is 13.9 Å². The van der Waals surface area contributed by atoms with Crippen LogP contribution in [0.25, 0.3) is 0 Å². The molecule has 0 spiro atoms. The second-order valence-electron chi connectivity index (χ2n) is 11.3. The van der Waals surface area contributed by atoms with E-state index in [9.17, 15) is 18.0 Å². The summed E-state index contributed by atoms with van der Waals surface area (Å²) in [4.78, 5) is 29.5. The van der Waals surface area contributed by atoms with Gasteiger partial charge in [0, 0.05) is 35.1 Å². The van der Waals surface area contributed by atoms with Gasteiger partial charge in [0.25, 0.3) is 10.0 Å². The van der Waals surface area contributed by atoms with Gasteiger partial charge in [0.05, 0.1) is 10.6 Å². The van der Waals surface area contributed by atoms with Crippen molar-refractivity contribution in [3.8, 4) is 0 Å². The number of halogens is 3. The Morgan fingerprint density at radius 2 is 1.46 bits per heavy atom. The van der Waals surface area contributed by atoms with Crippen LogP contribution in [0.4, 0.5) is 10.1 Å². The van der Waals surface area contributed by atoms with Crippen molar-refractivity contribution in [1.82, 2.24) is 10.2 Å². The number of hydrogen-bond donors (Lipinski definition) is 1. The first kappa shape index (κ1) is 34.9. The van der Waals surface area contributed by atoms with Crippen LogP contribution in [0.15, 0.2) is 102 Å². The molecule has 0 unspecified atom stereocenters. The molecule has 7 nitrogen and oxygen atoms in total. The molecular weight excluding hydrogens is 648 g/mol. The molecule has 0 aliphatic heterocycles. The SMILES string of the molecule is Cc1ccc(S(=O)(=O)N(CC(=O)N(Cc2c(Cl)cccc2Cl)[C@H](Cc2ccccc2)C(=O)NCC(C)C)c2ccccc2F)cc1. The monoisotopic (exact) mass is 683 g/mol. The molecule has 46 heavy (non-hydrogen) atoms. The number of amides is 2. The second-order valence-corrected chi connectivity index (χ2v) is 14.0. The van der Waals surface area contributed by atoms with E-state index in [0.717, 1.165) is 21.5 Å². The third-order valence-electron chi connectivity index (χ3n) is 7.35. The van der Waals surface area contributed by atoms with E-state index in [2.05, 4.69) is 5.32 Å². The van der Waals surface area contributed by atoms with Gasteiger partial charge in [-0.15, -0.1) is 0 Å². The van der Waals surface area contributed by atoms with E-state index in [4.69, 9.17) is 23.2 Å². The van der Waals surface area contributed by atoms with E-state index in [0.29, 0.717) is 12.1 Å². The van der Waals surface area contributed by atoms with Gasteiger partial charge in [0.1, 0.15) is 18.4 Å². The molecule has 4 aromatic carbocycles. The summed E-state index contributed by atoms with van der Waals surface area (Å²) in [6, 6.07) is 24.3. The number of sulfonamides is 1. The number of nitrogens with one attached hydrogen (secondary N) is 1. The van der Waals surface area contributed by atoms with Crippen molar-refractivity contribution in [3.63, 3.8) is 0 Å². The van der Waals surface area contributed by atoms with Crippen molar-refractivity contribution in [2.24, 2.45) is 5.92 Å². The second kappa shape index (κ2) is 15.6. The Labute approximate surface area is 280 Å². The fourth-order valence-electron chi connectivity index (χ4n) is 4.83. The van der Waals surface area contributed by atoms with E-state index in [1.165, 1.54) is 35.2 Å². The smallest absolute Gasteiger partial charge is 0.264 e. The molecule has 2 amide bonds. The van der Waals surface area contributed by atoms with E-state index in [1.807, 2.05) is 51.1 Å². The number of para-hydroxylation sites is 1.